The third-order valence-electron chi connectivity index (χ3n) is 1.12. The van der Waals surface area contributed by atoms with Gasteiger partial charge in [-0.25, -0.2) is 14.2 Å². The van der Waals surface area contributed by atoms with E-state index in [4.69, 9.17) is 9.79 Å². The molecule has 0 aliphatic carbocycles. The Labute approximate surface area is 89.7 Å². The summed E-state index contributed by atoms with van der Waals surface area (Å²) in [4.78, 5) is 37.3. The molecule has 0 aromatic heterocycles. The molecule has 0 aromatic carbocycles. The Balaban J connectivity index is 4.15. The smallest absolute Gasteiger partial charge is 0.446 e. The second-order valence-electron chi connectivity index (χ2n) is 2.48. The molecule has 0 saturated carbocycles. The normalized spacial score (nSPS) is 12.9. The standard InChI is InChI=1S/C5H11N2O8P/c6-4(8)13-1-3(15-5(7)9)2-14-16(10,11)12/h3H,1-2H2,(H2,6,8)(H2,7,9)(H2,10,11,12)/t3-/m1/s1. The lowest BCUT2D eigenvalue weighted by Crippen LogP contribution is -2.32. The van der Waals surface area contributed by atoms with Crippen LogP contribution in [0.5, 0.6) is 0 Å². The van der Waals surface area contributed by atoms with Gasteiger partial charge in [0.25, 0.3) is 0 Å². The van der Waals surface area contributed by atoms with Crippen LogP contribution in [0.4, 0.5) is 9.59 Å². The summed E-state index contributed by atoms with van der Waals surface area (Å²) < 4.78 is 22.9. The average Bonchev–Trinajstić information content (AvgIpc) is 2.07. The number of phosphoric ester groups is 1. The maximum absolute atomic E-state index is 10.4. The zero-order chi connectivity index (χ0) is 12.8. The lowest BCUT2D eigenvalue weighted by Gasteiger charge is -2.16. The van der Waals surface area contributed by atoms with Crippen LogP contribution in [0, 0.1) is 0 Å². The van der Waals surface area contributed by atoms with Gasteiger partial charge in [-0.05, 0) is 0 Å². The highest BCUT2D eigenvalue weighted by atomic mass is 31.2. The van der Waals surface area contributed by atoms with E-state index in [-0.39, 0.29) is 0 Å². The van der Waals surface area contributed by atoms with Gasteiger partial charge < -0.3 is 30.7 Å². The van der Waals surface area contributed by atoms with Gasteiger partial charge in [-0.1, -0.05) is 0 Å². The molecule has 0 rings (SSSR count). The highest BCUT2D eigenvalue weighted by Gasteiger charge is 2.21. The van der Waals surface area contributed by atoms with Crippen molar-refractivity contribution >= 4 is 20.0 Å². The van der Waals surface area contributed by atoms with E-state index in [0.717, 1.165) is 0 Å². The van der Waals surface area contributed by atoms with Crippen molar-refractivity contribution < 1.29 is 37.9 Å². The van der Waals surface area contributed by atoms with Crippen LogP contribution in [-0.4, -0.2) is 41.3 Å². The molecule has 2 amide bonds. The van der Waals surface area contributed by atoms with Crippen LogP contribution in [0.15, 0.2) is 0 Å². The molecular weight excluding hydrogens is 247 g/mol. The highest BCUT2D eigenvalue weighted by Crippen LogP contribution is 2.35. The fourth-order valence-electron chi connectivity index (χ4n) is 0.636. The van der Waals surface area contributed by atoms with Gasteiger partial charge >= 0.3 is 20.0 Å². The third-order valence-corrected chi connectivity index (χ3v) is 1.61. The molecule has 94 valence electrons. The number of ether oxygens (including phenoxy) is 2. The first-order valence-electron chi connectivity index (χ1n) is 3.79. The van der Waals surface area contributed by atoms with Crippen LogP contribution in [0.25, 0.3) is 0 Å². The molecule has 6 N–H and O–H groups in total. The monoisotopic (exact) mass is 258 g/mol. The summed E-state index contributed by atoms with van der Waals surface area (Å²) in [5, 5.41) is 0. The van der Waals surface area contributed by atoms with Crippen LogP contribution in [-0.2, 0) is 18.6 Å². The quantitative estimate of drug-likeness (QED) is 0.423. The summed E-state index contributed by atoms with van der Waals surface area (Å²) in [5.74, 6) is 0. The van der Waals surface area contributed by atoms with E-state index < -0.39 is 39.3 Å². The van der Waals surface area contributed by atoms with E-state index in [9.17, 15) is 14.2 Å². The molecule has 0 heterocycles. The van der Waals surface area contributed by atoms with Gasteiger partial charge in [-0.3, -0.25) is 4.52 Å². The van der Waals surface area contributed by atoms with Gasteiger partial charge in [0.15, 0.2) is 6.10 Å². The predicted molar refractivity (Wildman–Crippen MR) is 48.0 cm³/mol. The van der Waals surface area contributed by atoms with Crippen molar-refractivity contribution in [3.05, 3.63) is 0 Å². The molecule has 11 heteroatoms. The van der Waals surface area contributed by atoms with Crippen molar-refractivity contribution in [1.82, 2.24) is 0 Å². The van der Waals surface area contributed by atoms with Crippen molar-refractivity contribution in [2.45, 2.75) is 6.10 Å². The first-order chi connectivity index (χ1) is 7.20. The summed E-state index contributed by atoms with van der Waals surface area (Å²) in [5.41, 5.74) is 9.28. The van der Waals surface area contributed by atoms with Crippen molar-refractivity contribution in [2.75, 3.05) is 13.2 Å². The number of rotatable bonds is 6. The predicted octanol–water partition coefficient (Wildman–Crippen LogP) is -1.35. The van der Waals surface area contributed by atoms with Gasteiger partial charge in [0.2, 0.25) is 0 Å². The Kier molecular flexibility index (Phi) is 5.75. The minimum atomic E-state index is -4.71. The summed E-state index contributed by atoms with van der Waals surface area (Å²) in [6, 6.07) is 0. The number of hydrogen-bond acceptors (Lipinski definition) is 6. The Morgan fingerprint density at radius 3 is 2.12 bits per heavy atom. The number of primary amides is 2. The van der Waals surface area contributed by atoms with Gasteiger partial charge in [0.05, 0.1) is 6.61 Å². The van der Waals surface area contributed by atoms with E-state index in [0.29, 0.717) is 0 Å². The molecule has 0 fully saturated rings. The van der Waals surface area contributed by atoms with Crippen LogP contribution < -0.4 is 11.5 Å². The van der Waals surface area contributed by atoms with E-state index in [1.807, 2.05) is 0 Å². The van der Waals surface area contributed by atoms with Crippen molar-refractivity contribution in [3.63, 3.8) is 0 Å². The van der Waals surface area contributed by atoms with Crippen LogP contribution >= 0.6 is 7.82 Å². The minimum Gasteiger partial charge on any atom is -0.446 e. The third kappa shape index (κ3) is 9.21. The number of phosphoric acid groups is 1. The number of carbonyl (C=O) groups excluding carboxylic acids is 2. The Hall–Kier alpha value is -1.35. The molecule has 0 radical (unpaired) electrons. The van der Waals surface area contributed by atoms with Gasteiger partial charge in [0, 0.05) is 0 Å². The Morgan fingerprint density at radius 1 is 1.19 bits per heavy atom. The molecule has 0 aromatic rings. The number of amides is 2. The largest absolute Gasteiger partial charge is 0.469 e. The molecular formula is C5H11N2O8P. The number of carbonyl (C=O) groups is 2. The molecule has 0 saturated heterocycles. The first kappa shape index (κ1) is 14.6. The van der Waals surface area contributed by atoms with Crippen molar-refractivity contribution in [3.8, 4) is 0 Å². The highest BCUT2D eigenvalue weighted by molar-refractivity contribution is 7.46. The summed E-state index contributed by atoms with van der Waals surface area (Å²) in [7, 11) is -4.71. The van der Waals surface area contributed by atoms with E-state index in [1.165, 1.54) is 0 Å². The fourth-order valence-corrected chi connectivity index (χ4v) is 0.996. The molecule has 1 atom stereocenters. The van der Waals surface area contributed by atoms with E-state index in [1.54, 1.807) is 0 Å². The van der Waals surface area contributed by atoms with Crippen molar-refractivity contribution in [1.29, 1.82) is 0 Å². The van der Waals surface area contributed by atoms with E-state index in [2.05, 4.69) is 25.5 Å². The lowest BCUT2D eigenvalue weighted by molar-refractivity contribution is 0.0187. The lowest BCUT2D eigenvalue weighted by atomic mass is 10.4. The topological polar surface area (TPSA) is 171 Å². The zero-order valence-electron chi connectivity index (χ0n) is 7.94. The van der Waals surface area contributed by atoms with Gasteiger partial charge in [-0.15, -0.1) is 0 Å². The van der Waals surface area contributed by atoms with Crippen LogP contribution in [0.3, 0.4) is 0 Å². The maximum atomic E-state index is 10.4. The van der Waals surface area contributed by atoms with Crippen LogP contribution in [0.1, 0.15) is 0 Å². The molecule has 0 bridgehead atoms. The first-order valence-corrected chi connectivity index (χ1v) is 5.32. The second kappa shape index (κ2) is 6.28. The SMILES string of the molecule is NC(=O)OC[C@H](COP(=O)(O)O)OC(N)=O. The zero-order valence-corrected chi connectivity index (χ0v) is 8.83. The Bertz CT molecular complexity index is 301. The minimum absolute atomic E-state index is 0.529. The Morgan fingerprint density at radius 2 is 1.75 bits per heavy atom. The summed E-state index contributed by atoms with van der Waals surface area (Å²) in [6.45, 7) is -1.22. The molecule has 0 aliphatic rings. The number of hydrogen-bond donors (Lipinski definition) is 4. The number of nitrogens with two attached hydrogens (primary N) is 2. The average molecular weight is 258 g/mol. The van der Waals surface area contributed by atoms with Crippen molar-refractivity contribution in [2.24, 2.45) is 11.5 Å². The summed E-state index contributed by atoms with van der Waals surface area (Å²) in [6.07, 6.45) is -3.61. The van der Waals surface area contributed by atoms with Crippen LogP contribution in [0.2, 0.25) is 0 Å². The molecule has 10 nitrogen and oxygen atoms in total. The molecule has 0 aliphatic heterocycles. The maximum Gasteiger partial charge on any atom is 0.469 e. The van der Waals surface area contributed by atoms with E-state index >= 15 is 0 Å². The van der Waals surface area contributed by atoms with Gasteiger partial charge in [-0.2, -0.15) is 0 Å². The summed E-state index contributed by atoms with van der Waals surface area (Å²) >= 11 is 0. The second-order valence-corrected chi connectivity index (χ2v) is 3.71. The molecule has 0 spiro atoms. The fraction of sp³-hybridized carbons (Fsp3) is 0.600. The van der Waals surface area contributed by atoms with Gasteiger partial charge in [0.1, 0.15) is 6.61 Å². The molecule has 0 unspecified atom stereocenters. The molecule has 16 heavy (non-hydrogen) atoms.